The van der Waals surface area contributed by atoms with Crippen LogP contribution < -0.4 is 15.0 Å². The molecule has 0 aliphatic carbocycles. The third-order valence-corrected chi connectivity index (χ3v) is 4.96. The van der Waals surface area contributed by atoms with Gasteiger partial charge in [-0.15, -0.1) is 0 Å². The van der Waals surface area contributed by atoms with Crippen molar-refractivity contribution in [1.82, 2.24) is 0 Å². The molecular formula is C21H20BrFN2O5. The first-order chi connectivity index (χ1) is 14.4. The summed E-state index contributed by atoms with van der Waals surface area (Å²) in [6.07, 6.45) is -0.00496. The molecule has 2 aromatic rings. The Hall–Kier alpha value is -2.94. The maximum Gasteiger partial charge on any atom is 0.311 e. The van der Waals surface area contributed by atoms with E-state index in [1.165, 1.54) is 17.0 Å². The fourth-order valence-corrected chi connectivity index (χ4v) is 3.37. The Balaban J connectivity index is 1.52. The molecule has 0 aromatic heterocycles. The van der Waals surface area contributed by atoms with Gasteiger partial charge in [0.1, 0.15) is 11.6 Å². The number of nitrogens with one attached hydrogen (secondary N) is 1. The molecule has 30 heavy (non-hydrogen) atoms. The van der Waals surface area contributed by atoms with Gasteiger partial charge in [-0.1, -0.05) is 15.9 Å². The molecule has 0 radical (unpaired) electrons. The third-order valence-electron chi connectivity index (χ3n) is 4.47. The van der Waals surface area contributed by atoms with Crippen molar-refractivity contribution in [3.63, 3.8) is 0 Å². The van der Waals surface area contributed by atoms with Crippen LogP contribution in [0.2, 0.25) is 0 Å². The standard InChI is InChI=1S/C21H20BrFN2O5/c1-2-29-16-6-4-15(5-7-16)25-11-13(9-20(25)27)21(28)30-12-19(26)24-18-8-3-14(22)10-17(18)23/h3-8,10,13H,2,9,11-12H2,1H3,(H,24,26). The van der Waals surface area contributed by atoms with Crippen LogP contribution in [-0.2, 0) is 19.1 Å². The van der Waals surface area contributed by atoms with E-state index >= 15 is 0 Å². The van der Waals surface area contributed by atoms with E-state index in [0.29, 0.717) is 22.5 Å². The van der Waals surface area contributed by atoms with Gasteiger partial charge in [-0.25, -0.2) is 4.39 Å². The zero-order valence-electron chi connectivity index (χ0n) is 16.2. The molecule has 2 amide bonds. The molecule has 1 N–H and O–H groups in total. The number of ether oxygens (including phenoxy) is 2. The summed E-state index contributed by atoms with van der Waals surface area (Å²) < 4.78 is 24.7. The fraction of sp³-hybridized carbons (Fsp3) is 0.286. The van der Waals surface area contributed by atoms with Gasteiger partial charge in [0.05, 0.1) is 18.2 Å². The van der Waals surface area contributed by atoms with Crippen LogP contribution >= 0.6 is 15.9 Å². The summed E-state index contributed by atoms with van der Waals surface area (Å²) in [7, 11) is 0. The van der Waals surface area contributed by atoms with Gasteiger partial charge < -0.3 is 19.7 Å². The van der Waals surface area contributed by atoms with Crippen LogP contribution in [0.3, 0.4) is 0 Å². The van der Waals surface area contributed by atoms with Crippen molar-refractivity contribution in [2.45, 2.75) is 13.3 Å². The summed E-state index contributed by atoms with van der Waals surface area (Å²) in [4.78, 5) is 38.0. The third kappa shape index (κ3) is 5.35. The SMILES string of the molecule is CCOc1ccc(N2CC(C(=O)OCC(=O)Nc3ccc(Br)cc3F)CC2=O)cc1. The molecule has 0 bridgehead atoms. The molecule has 7 nitrogen and oxygen atoms in total. The molecule has 1 aliphatic heterocycles. The second-order valence-corrected chi connectivity index (χ2v) is 7.53. The van der Waals surface area contributed by atoms with Crippen molar-refractivity contribution >= 4 is 45.1 Å². The number of benzene rings is 2. The highest BCUT2D eigenvalue weighted by molar-refractivity contribution is 9.10. The Morgan fingerprint density at radius 1 is 1.23 bits per heavy atom. The minimum atomic E-state index is -0.679. The molecule has 1 unspecified atom stereocenters. The van der Waals surface area contributed by atoms with Crippen molar-refractivity contribution in [1.29, 1.82) is 0 Å². The van der Waals surface area contributed by atoms with Crippen LogP contribution in [0.1, 0.15) is 13.3 Å². The van der Waals surface area contributed by atoms with E-state index in [1.807, 2.05) is 6.92 Å². The molecular weight excluding hydrogens is 459 g/mol. The van der Waals surface area contributed by atoms with Gasteiger partial charge in [-0.3, -0.25) is 14.4 Å². The highest BCUT2D eigenvalue weighted by Gasteiger charge is 2.36. The van der Waals surface area contributed by atoms with E-state index in [2.05, 4.69) is 21.2 Å². The molecule has 1 atom stereocenters. The second-order valence-electron chi connectivity index (χ2n) is 6.61. The Morgan fingerprint density at radius 3 is 2.63 bits per heavy atom. The number of nitrogens with zero attached hydrogens (tertiary/aromatic N) is 1. The van der Waals surface area contributed by atoms with Crippen molar-refractivity contribution in [3.8, 4) is 5.75 Å². The van der Waals surface area contributed by atoms with Crippen molar-refractivity contribution in [2.24, 2.45) is 5.92 Å². The van der Waals surface area contributed by atoms with Gasteiger partial charge in [0.25, 0.3) is 5.91 Å². The van der Waals surface area contributed by atoms with E-state index in [-0.39, 0.29) is 24.6 Å². The predicted molar refractivity (Wildman–Crippen MR) is 112 cm³/mol. The van der Waals surface area contributed by atoms with Gasteiger partial charge in [0, 0.05) is 23.1 Å². The highest BCUT2D eigenvalue weighted by atomic mass is 79.9. The maximum absolute atomic E-state index is 13.8. The minimum Gasteiger partial charge on any atom is -0.494 e. The Kier molecular flexibility index (Phi) is 7.04. The Labute approximate surface area is 181 Å². The van der Waals surface area contributed by atoms with Gasteiger partial charge in [0.15, 0.2) is 6.61 Å². The lowest BCUT2D eigenvalue weighted by Crippen LogP contribution is -2.28. The quantitative estimate of drug-likeness (QED) is 0.615. The number of esters is 1. The fourth-order valence-electron chi connectivity index (χ4n) is 3.04. The van der Waals surface area contributed by atoms with E-state index in [4.69, 9.17) is 9.47 Å². The monoisotopic (exact) mass is 478 g/mol. The Morgan fingerprint density at radius 2 is 1.97 bits per heavy atom. The number of anilines is 2. The molecule has 3 rings (SSSR count). The molecule has 1 aliphatic rings. The molecule has 158 valence electrons. The first-order valence-electron chi connectivity index (χ1n) is 9.32. The van der Waals surface area contributed by atoms with Crippen molar-refractivity contribution in [3.05, 3.63) is 52.8 Å². The van der Waals surface area contributed by atoms with E-state index in [9.17, 15) is 18.8 Å². The lowest BCUT2D eigenvalue weighted by Gasteiger charge is -2.17. The number of carbonyl (C=O) groups is 3. The summed E-state index contributed by atoms with van der Waals surface area (Å²) in [5.41, 5.74) is 0.638. The second kappa shape index (κ2) is 9.71. The molecule has 9 heteroatoms. The number of rotatable bonds is 7. The molecule has 2 aromatic carbocycles. The van der Waals surface area contributed by atoms with Crippen LogP contribution in [0, 0.1) is 11.7 Å². The van der Waals surface area contributed by atoms with Crippen molar-refractivity contribution in [2.75, 3.05) is 30.0 Å². The number of hydrogen-bond donors (Lipinski definition) is 1. The smallest absolute Gasteiger partial charge is 0.311 e. The summed E-state index contributed by atoms with van der Waals surface area (Å²) in [5, 5.41) is 2.34. The minimum absolute atomic E-state index is 0.00496. The molecule has 0 saturated carbocycles. The largest absolute Gasteiger partial charge is 0.494 e. The van der Waals surface area contributed by atoms with E-state index in [1.54, 1.807) is 30.3 Å². The van der Waals surface area contributed by atoms with Crippen LogP contribution in [0.25, 0.3) is 0 Å². The summed E-state index contributed by atoms with van der Waals surface area (Å²) in [6.45, 7) is 2.01. The topological polar surface area (TPSA) is 84.9 Å². The van der Waals surface area contributed by atoms with E-state index in [0.717, 1.165) is 0 Å². The Bertz CT molecular complexity index is 951. The number of halogens is 2. The average molecular weight is 479 g/mol. The summed E-state index contributed by atoms with van der Waals surface area (Å²) in [5.74, 6) is -2.13. The molecule has 1 heterocycles. The highest BCUT2D eigenvalue weighted by Crippen LogP contribution is 2.27. The first kappa shape index (κ1) is 21.8. The normalized spacial score (nSPS) is 15.8. The summed E-state index contributed by atoms with van der Waals surface area (Å²) >= 11 is 3.13. The molecule has 1 fully saturated rings. The van der Waals surface area contributed by atoms with Gasteiger partial charge in [-0.2, -0.15) is 0 Å². The van der Waals surface area contributed by atoms with Gasteiger partial charge >= 0.3 is 5.97 Å². The van der Waals surface area contributed by atoms with Crippen LogP contribution in [0.4, 0.5) is 15.8 Å². The number of carbonyl (C=O) groups excluding carboxylic acids is 3. The van der Waals surface area contributed by atoms with Crippen LogP contribution in [-0.4, -0.2) is 37.5 Å². The van der Waals surface area contributed by atoms with Gasteiger partial charge in [0.2, 0.25) is 5.91 Å². The average Bonchev–Trinajstić information content (AvgIpc) is 3.11. The van der Waals surface area contributed by atoms with Crippen LogP contribution in [0.15, 0.2) is 46.9 Å². The molecule has 1 saturated heterocycles. The van der Waals surface area contributed by atoms with E-state index < -0.39 is 30.2 Å². The summed E-state index contributed by atoms with van der Waals surface area (Å²) in [6, 6.07) is 11.2. The molecule has 0 spiro atoms. The number of hydrogen-bond acceptors (Lipinski definition) is 5. The predicted octanol–water partition coefficient (Wildman–Crippen LogP) is 3.52. The first-order valence-corrected chi connectivity index (χ1v) is 10.1. The van der Waals surface area contributed by atoms with Crippen LogP contribution in [0.5, 0.6) is 5.75 Å². The lowest BCUT2D eigenvalue weighted by atomic mass is 10.1. The van der Waals surface area contributed by atoms with Gasteiger partial charge in [-0.05, 0) is 49.4 Å². The zero-order valence-corrected chi connectivity index (χ0v) is 17.8. The number of amides is 2. The maximum atomic E-state index is 13.8. The lowest BCUT2D eigenvalue weighted by molar-refractivity contribution is -0.151. The zero-order chi connectivity index (χ0) is 21.7. The van der Waals surface area contributed by atoms with Crippen molar-refractivity contribution < 1.29 is 28.2 Å².